The van der Waals surface area contributed by atoms with Gasteiger partial charge in [-0.25, -0.2) is 9.38 Å². The molecule has 5 heteroatoms. The lowest BCUT2D eigenvalue weighted by Crippen LogP contribution is -2.37. The van der Waals surface area contributed by atoms with Gasteiger partial charge in [-0.3, -0.25) is 0 Å². The summed E-state index contributed by atoms with van der Waals surface area (Å²) in [6, 6.07) is 5.24. The Balaban J connectivity index is 2.66. The van der Waals surface area contributed by atoms with Gasteiger partial charge in [0.05, 0.1) is 6.54 Å². The third kappa shape index (κ3) is 7.98. The van der Waals surface area contributed by atoms with Crippen molar-refractivity contribution in [2.75, 3.05) is 27.2 Å². The number of guanidine groups is 1. The minimum atomic E-state index is -0.156. The summed E-state index contributed by atoms with van der Waals surface area (Å²) in [7, 11) is 3.88. The Hall–Kier alpha value is -1.62. The fourth-order valence-electron chi connectivity index (χ4n) is 2.28. The van der Waals surface area contributed by atoms with Gasteiger partial charge in [0, 0.05) is 25.2 Å². The number of unbranched alkanes of at least 4 members (excludes halogenated alkanes) is 2. The van der Waals surface area contributed by atoms with E-state index in [1.54, 1.807) is 6.07 Å². The SMILES string of the molecule is CCCCCNC(=NCc1ccc(F)c(CN(C)C)c1)NCC. The van der Waals surface area contributed by atoms with E-state index in [1.165, 1.54) is 18.9 Å². The normalized spacial score (nSPS) is 11.8. The zero-order chi connectivity index (χ0) is 17.1. The zero-order valence-electron chi connectivity index (χ0n) is 15.0. The molecule has 0 saturated heterocycles. The average Bonchev–Trinajstić information content (AvgIpc) is 2.51. The van der Waals surface area contributed by atoms with Crippen molar-refractivity contribution in [1.29, 1.82) is 0 Å². The second-order valence-electron chi connectivity index (χ2n) is 5.99. The van der Waals surface area contributed by atoms with Crippen LogP contribution < -0.4 is 10.6 Å². The molecule has 1 rings (SSSR count). The lowest BCUT2D eigenvalue weighted by Gasteiger charge is -2.13. The van der Waals surface area contributed by atoms with Crippen LogP contribution in [0.2, 0.25) is 0 Å². The number of rotatable bonds is 9. The van der Waals surface area contributed by atoms with Crippen LogP contribution in [0.1, 0.15) is 44.2 Å². The number of hydrogen-bond acceptors (Lipinski definition) is 2. The van der Waals surface area contributed by atoms with Gasteiger partial charge in [0.15, 0.2) is 5.96 Å². The van der Waals surface area contributed by atoms with Crippen molar-refractivity contribution >= 4 is 5.96 Å². The van der Waals surface area contributed by atoms with E-state index in [0.29, 0.717) is 18.7 Å². The average molecular weight is 322 g/mol. The fraction of sp³-hybridized carbons (Fsp3) is 0.611. The summed E-state index contributed by atoms with van der Waals surface area (Å²) in [6.07, 6.45) is 3.57. The molecule has 2 N–H and O–H groups in total. The Labute approximate surface area is 140 Å². The standard InChI is InChI=1S/C18H31FN4/c1-5-7-8-11-21-18(20-6-2)22-13-15-9-10-17(19)16(12-15)14-23(3)4/h9-10,12H,5-8,11,13-14H2,1-4H3,(H2,20,21,22). The van der Waals surface area contributed by atoms with Gasteiger partial charge in [-0.15, -0.1) is 0 Å². The lowest BCUT2D eigenvalue weighted by atomic mass is 10.1. The van der Waals surface area contributed by atoms with Gasteiger partial charge < -0.3 is 15.5 Å². The van der Waals surface area contributed by atoms with Crippen molar-refractivity contribution < 1.29 is 4.39 Å². The summed E-state index contributed by atoms with van der Waals surface area (Å²) in [6.45, 7) is 7.14. The quantitative estimate of drug-likeness (QED) is 0.417. The maximum atomic E-state index is 13.8. The second-order valence-corrected chi connectivity index (χ2v) is 5.99. The van der Waals surface area contributed by atoms with Crippen molar-refractivity contribution in [3.05, 3.63) is 35.1 Å². The summed E-state index contributed by atoms with van der Waals surface area (Å²) in [5, 5.41) is 6.59. The molecule has 0 amide bonds. The van der Waals surface area contributed by atoms with Crippen LogP contribution in [0.4, 0.5) is 4.39 Å². The summed E-state index contributed by atoms with van der Waals surface area (Å²) in [4.78, 5) is 6.55. The van der Waals surface area contributed by atoms with Crippen LogP contribution in [0.3, 0.4) is 0 Å². The number of nitrogens with one attached hydrogen (secondary N) is 2. The smallest absolute Gasteiger partial charge is 0.191 e. The van der Waals surface area contributed by atoms with Gasteiger partial charge >= 0.3 is 0 Å². The molecule has 0 aliphatic rings. The minimum Gasteiger partial charge on any atom is -0.357 e. The third-order valence-electron chi connectivity index (χ3n) is 3.43. The van der Waals surface area contributed by atoms with Crippen molar-refractivity contribution in [3.8, 4) is 0 Å². The molecule has 0 bridgehead atoms. The van der Waals surface area contributed by atoms with Crippen molar-refractivity contribution in [2.24, 2.45) is 4.99 Å². The van der Waals surface area contributed by atoms with Crippen LogP contribution in [0.25, 0.3) is 0 Å². The van der Waals surface area contributed by atoms with Gasteiger partial charge in [0.1, 0.15) is 5.82 Å². The summed E-state index contributed by atoms with van der Waals surface area (Å²) < 4.78 is 13.8. The van der Waals surface area contributed by atoms with Gasteiger partial charge in [-0.1, -0.05) is 25.8 Å². The highest BCUT2D eigenvalue weighted by molar-refractivity contribution is 5.79. The zero-order valence-corrected chi connectivity index (χ0v) is 15.0. The predicted octanol–water partition coefficient (Wildman–Crippen LogP) is 3.13. The van der Waals surface area contributed by atoms with E-state index >= 15 is 0 Å². The first-order chi connectivity index (χ1) is 11.1. The van der Waals surface area contributed by atoms with Gasteiger partial charge in [-0.2, -0.15) is 0 Å². The van der Waals surface area contributed by atoms with E-state index in [9.17, 15) is 4.39 Å². The lowest BCUT2D eigenvalue weighted by molar-refractivity contribution is 0.392. The fourth-order valence-corrected chi connectivity index (χ4v) is 2.28. The van der Waals surface area contributed by atoms with Crippen LogP contribution in [0.15, 0.2) is 23.2 Å². The number of benzene rings is 1. The van der Waals surface area contributed by atoms with Crippen LogP contribution in [-0.4, -0.2) is 38.0 Å². The van der Waals surface area contributed by atoms with E-state index < -0.39 is 0 Å². The van der Waals surface area contributed by atoms with E-state index in [2.05, 4.69) is 29.5 Å². The van der Waals surface area contributed by atoms with Crippen LogP contribution in [0.5, 0.6) is 0 Å². The van der Waals surface area contributed by atoms with E-state index in [0.717, 1.165) is 31.0 Å². The Morgan fingerprint density at radius 1 is 1.17 bits per heavy atom. The molecule has 0 atom stereocenters. The molecular formula is C18H31FN4. The van der Waals surface area contributed by atoms with Gasteiger partial charge in [0.25, 0.3) is 0 Å². The molecule has 0 aromatic heterocycles. The van der Waals surface area contributed by atoms with E-state index in [1.807, 2.05) is 25.1 Å². The molecule has 1 aromatic rings. The second kappa shape index (κ2) is 11.0. The number of nitrogens with zero attached hydrogens (tertiary/aromatic N) is 2. The number of aliphatic imine (C=N–C) groups is 1. The molecule has 1 aromatic carbocycles. The molecule has 0 spiro atoms. The predicted molar refractivity (Wildman–Crippen MR) is 96.1 cm³/mol. The molecule has 0 fully saturated rings. The maximum Gasteiger partial charge on any atom is 0.191 e. The molecule has 0 radical (unpaired) electrons. The first-order valence-electron chi connectivity index (χ1n) is 8.51. The van der Waals surface area contributed by atoms with Gasteiger partial charge in [0.2, 0.25) is 0 Å². The molecule has 130 valence electrons. The molecule has 23 heavy (non-hydrogen) atoms. The largest absolute Gasteiger partial charge is 0.357 e. The Morgan fingerprint density at radius 3 is 2.61 bits per heavy atom. The van der Waals surface area contributed by atoms with Crippen LogP contribution in [-0.2, 0) is 13.1 Å². The van der Waals surface area contributed by atoms with E-state index in [-0.39, 0.29) is 5.82 Å². The molecular weight excluding hydrogens is 291 g/mol. The Morgan fingerprint density at radius 2 is 1.96 bits per heavy atom. The number of hydrogen-bond donors (Lipinski definition) is 2. The highest BCUT2D eigenvalue weighted by atomic mass is 19.1. The Kier molecular flexibility index (Phi) is 9.29. The highest BCUT2D eigenvalue weighted by Gasteiger charge is 2.05. The molecule has 0 aliphatic heterocycles. The highest BCUT2D eigenvalue weighted by Crippen LogP contribution is 2.13. The van der Waals surface area contributed by atoms with Crippen molar-refractivity contribution in [1.82, 2.24) is 15.5 Å². The molecule has 4 nitrogen and oxygen atoms in total. The monoisotopic (exact) mass is 322 g/mol. The van der Waals surface area contributed by atoms with Crippen molar-refractivity contribution in [2.45, 2.75) is 46.2 Å². The summed E-state index contributed by atoms with van der Waals surface area (Å²) in [5.41, 5.74) is 1.73. The molecule has 0 aliphatic carbocycles. The minimum absolute atomic E-state index is 0.156. The van der Waals surface area contributed by atoms with E-state index in [4.69, 9.17) is 0 Å². The maximum absolute atomic E-state index is 13.8. The van der Waals surface area contributed by atoms with Crippen LogP contribution in [0, 0.1) is 5.82 Å². The van der Waals surface area contributed by atoms with Crippen molar-refractivity contribution in [3.63, 3.8) is 0 Å². The summed E-state index contributed by atoms with van der Waals surface area (Å²) >= 11 is 0. The third-order valence-corrected chi connectivity index (χ3v) is 3.43. The van der Waals surface area contributed by atoms with Crippen LogP contribution >= 0.6 is 0 Å². The molecule has 0 saturated carbocycles. The first kappa shape index (κ1) is 19.4. The topological polar surface area (TPSA) is 39.7 Å². The first-order valence-corrected chi connectivity index (χ1v) is 8.51. The molecule has 0 unspecified atom stereocenters. The Bertz CT molecular complexity index is 486. The molecule has 0 heterocycles. The summed E-state index contributed by atoms with van der Waals surface area (Å²) in [5.74, 6) is 0.665. The number of halogens is 1. The van der Waals surface area contributed by atoms with Gasteiger partial charge in [-0.05, 0) is 45.1 Å².